The standard InChI is InChI=1S/C25H36N2O3/c1-15-12-26-27(13-15)14-20(28)25-10-8-16-5-4-9-24(3,29)21(16)17(25)6-7-18-22-19(30-22)11-23(18,25)2/h12-13,16-19,21-22,29H,4-11,14H2,1-3H3/t16-,17+,18+,19+,21+,22+,23-,24+,25+/m0/s1. The van der Waals surface area contributed by atoms with Crippen molar-refractivity contribution in [3.8, 4) is 0 Å². The number of aliphatic hydroxyl groups is 1. The predicted molar refractivity (Wildman–Crippen MR) is 113 cm³/mol. The molecule has 0 spiro atoms. The average Bonchev–Trinajstić information content (AvgIpc) is 3.19. The first-order valence-corrected chi connectivity index (χ1v) is 12.2. The zero-order valence-electron chi connectivity index (χ0n) is 18.6. The van der Waals surface area contributed by atoms with Crippen molar-refractivity contribution >= 4 is 5.78 Å². The SMILES string of the molecule is Cc1cnn(CC(=O)[C@@]23CC[C@@H]4CCC[C@@](C)(O)[C@H]4[C@H]2CC[C@@H]2[C@H]4O[C@@H]4C[C@@]23C)c1. The van der Waals surface area contributed by atoms with Crippen LogP contribution in [-0.2, 0) is 16.1 Å². The number of hydrogen-bond acceptors (Lipinski definition) is 4. The number of ether oxygens (including phenoxy) is 1. The number of Topliss-reactive ketones (excluding diaryl/α,β-unsaturated/α-hetero) is 1. The third-order valence-electron chi connectivity index (χ3n) is 10.3. The maximum Gasteiger partial charge on any atom is 0.161 e. The highest BCUT2D eigenvalue weighted by atomic mass is 16.6. The van der Waals surface area contributed by atoms with Crippen molar-refractivity contribution in [2.75, 3.05) is 0 Å². The molecule has 164 valence electrons. The molecular weight excluding hydrogens is 376 g/mol. The van der Waals surface area contributed by atoms with E-state index in [0.717, 1.165) is 50.5 Å². The van der Waals surface area contributed by atoms with Crippen LogP contribution in [0.2, 0.25) is 0 Å². The minimum atomic E-state index is -0.650. The number of aromatic nitrogens is 2. The van der Waals surface area contributed by atoms with E-state index in [4.69, 9.17) is 4.74 Å². The van der Waals surface area contributed by atoms with Gasteiger partial charge in [-0.15, -0.1) is 0 Å². The van der Waals surface area contributed by atoms with Crippen LogP contribution >= 0.6 is 0 Å². The number of nitrogens with zero attached hydrogens (tertiary/aromatic N) is 2. The number of ketones is 1. The summed E-state index contributed by atoms with van der Waals surface area (Å²) in [5.41, 5.74) is 0.0818. The van der Waals surface area contributed by atoms with E-state index < -0.39 is 5.60 Å². The van der Waals surface area contributed by atoms with Gasteiger partial charge in [0, 0.05) is 11.6 Å². The molecule has 9 atom stereocenters. The fraction of sp³-hybridized carbons (Fsp3) is 0.840. The molecule has 5 nitrogen and oxygen atoms in total. The second-order valence-corrected chi connectivity index (χ2v) is 11.7. The molecule has 4 saturated carbocycles. The fourth-order valence-corrected chi connectivity index (χ4v) is 9.17. The molecule has 1 aromatic heterocycles. The highest BCUT2D eigenvalue weighted by Gasteiger charge is 2.74. The lowest BCUT2D eigenvalue weighted by Crippen LogP contribution is -2.65. The molecule has 5 heteroatoms. The smallest absolute Gasteiger partial charge is 0.161 e. The summed E-state index contributed by atoms with van der Waals surface area (Å²) < 4.78 is 7.82. The molecule has 5 fully saturated rings. The van der Waals surface area contributed by atoms with Crippen LogP contribution in [0.5, 0.6) is 0 Å². The summed E-state index contributed by atoms with van der Waals surface area (Å²) in [4.78, 5) is 14.3. The topological polar surface area (TPSA) is 67.7 Å². The Hall–Kier alpha value is -1.20. The van der Waals surface area contributed by atoms with Gasteiger partial charge in [-0.3, -0.25) is 9.48 Å². The van der Waals surface area contributed by atoms with Gasteiger partial charge in [0.05, 0.1) is 24.0 Å². The molecule has 1 aromatic rings. The van der Waals surface area contributed by atoms with Crippen LogP contribution < -0.4 is 0 Å². The molecule has 4 aliphatic carbocycles. The molecule has 0 radical (unpaired) electrons. The Morgan fingerprint density at radius 3 is 2.80 bits per heavy atom. The van der Waals surface area contributed by atoms with Gasteiger partial charge in [0.15, 0.2) is 5.78 Å². The summed E-state index contributed by atoms with van der Waals surface area (Å²) in [7, 11) is 0. The van der Waals surface area contributed by atoms with E-state index >= 15 is 0 Å². The van der Waals surface area contributed by atoms with Gasteiger partial charge in [-0.25, -0.2) is 0 Å². The van der Waals surface area contributed by atoms with Crippen LogP contribution in [0.1, 0.15) is 70.8 Å². The van der Waals surface area contributed by atoms with Gasteiger partial charge in [-0.1, -0.05) is 13.3 Å². The third kappa shape index (κ3) is 2.42. The normalized spacial score (nSPS) is 51.5. The van der Waals surface area contributed by atoms with Crippen LogP contribution in [0.15, 0.2) is 12.4 Å². The highest BCUT2D eigenvalue weighted by Crippen LogP contribution is 2.74. The molecule has 1 aliphatic heterocycles. The van der Waals surface area contributed by atoms with E-state index in [9.17, 15) is 9.90 Å². The monoisotopic (exact) mass is 412 g/mol. The summed E-state index contributed by atoms with van der Waals surface area (Å²) in [6.07, 6.45) is 13.1. The minimum absolute atomic E-state index is 0.0126. The lowest BCUT2D eigenvalue weighted by molar-refractivity contribution is -0.208. The van der Waals surface area contributed by atoms with Crippen molar-refractivity contribution in [2.45, 2.75) is 96.5 Å². The number of aryl methyl sites for hydroxylation is 1. The summed E-state index contributed by atoms with van der Waals surface area (Å²) in [5.74, 6) is 1.96. The maximum absolute atomic E-state index is 14.3. The Morgan fingerprint density at radius 2 is 2.03 bits per heavy atom. The van der Waals surface area contributed by atoms with Crippen molar-refractivity contribution in [1.82, 2.24) is 9.78 Å². The average molecular weight is 413 g/mol. The Kier molecular flexibility index (Phi) is 4.02. The molecule has 1 saturated heterocycles. The number of fused-ring (bicyclic) bond motifs is 7. The summed E-state index contributed by atoms with van der Waals surface area (Å²) >= 11 is 0. The number of carbonyl (C=O) groups is 1. The first-order chi connectivity index (χ1) is 14.3. The Bertz CT molecular complexity index is 877. The first kappa shape index (κ1) is 19.5. The van der Waals surface area contributed by atoms with Crippen molar-refractivity contribution < 1.29 is 14.6 Å². The van der Waals surface area contributed by atoms with Gasteiger partial charge < -0.3 is 9.84 Å². The summed E-state index contributed by atoms with van der Waals surface area (Å²) in [6.45, 7) is 6.86. The molecule has 2 heterocycles. The predicted octanol–water partition coefficient (Wildman–Crippen LogP) is 3.91. The highest BCUT2D eigenvalue weighted by molar-refractivity contribution is 5.86. The molecule has 0 aromatic carbocycles. The van der Waals surface area contributed by atoms with Gasteiger partial charge in [-0.2, -0.15) is 5.10 Å². The largest absolute Gasteiger partial charge is 0.390 e. The van der Waals surface area contributed by atoms with E-state index in [1.54, 1.807) is 0 Å². The molecule has 0 amide bonds. The van der Waals surface area contributed by atoms with Gasteiger partial charge in [0.1, 0.15) is 6.54 Å². The Labute approximate surface area is 179 Å². The second-order valence-electron chi connectivity index (χ2n) is 11.7. The Balaban J connectivity index is 1.44. The van der Waals surface area contributed by atoms with Crippen molar-refractivity contribution in [3.05, 3.63) is 18.0 Å². The van der Waals surface area contributed by atoms with Gasteiger partial charge in [0.2, 0.25) is 0 Å². The number of carbonyl (C=O) groups excluding carboxylic acids is 1. The minimum Gasteiger partial charge on any atom is -0.390 e. The maximum atomic E-state index is 14.3. The van der Waals surface area contributed by atoms with Gasteiger partial charge in [0.25, 0.3) is 0 Å². The van der Waals surface area contributed by atoms with E-state index in [1.165, 1.54) is 6.42 Å². The molecule has 0 unspecified atom stereocenters. The number of hydrogen-bond donors (Lipinski definition) is 1. The van der Waals surface area contributed by atoms with E-state index in [1.807, 2.05) is 24.0 Å². The number of epoxide rings is 1. The van der Waals surface area contributed by atoms with E-state index in [-0.39, 0.29) is 22.7 Å². The summed E-state index contributed by atoms with van der Waals surface area (Å²) in [6, 6.07) is 0. The zero-order chi connectivity index (χ0) is 20.9. The lowest BCUT2D eigenvalue weighted by Gasteiger charge is -2.65. The van der Waals surface area contributed by atoms with Crippen LogP contribution in [0.3, 0.4) is 0 Å². The molecule has 30 heavy (non-hydrogen) atoms. The van der Waals surface area contributed by atoms with Crippen molar-refractivity contribution in [3.63, 3.8) is 0 Å². The molecular formula is C25H36N2O3. The van der Waals surface area contributed by atoms with Crippen LogP contribution in [0.25, 0.3) is 0 Å². The first-order valence-electron chi connectivity index (χ1n) is 12.2. The second kappa shape index (κ2) is 6.19. The Morgan fingerprint density at radius 1 is 1.23 bits per heavy atom. The van der Waals surface area contributed by atoms with Crippen LogP contribution in [-0.4, -0.2) is 38.5 Å². The van der Waals surface area contributed by atoms with Gasteiger partial charge in [-0.05, 0) is 93.4 Å². The van der Waals surface area contributed by atoms with E-state index in [0.29, 0.717) is 36.4 Å². The van der Waals surface area contributed by atoms with E-state index in [2.05, 4.69) is 18.9 Å². The molecule has 0 bridgehead atoms. The van der Waals surface area contributed by atoms with Gasteiger partial charge >= 0.3 is 0 Å². The van der Waals surface area contributed by atoms with Crippen LogP contribution in [0, 0.1) is 41.4 Å². The molecule has 1 N–H and O–H groups in total. The lowest BCUT2D eigenvalue weighted by atomic mass is 9.38. The van der Waals surface area contributed by atoms with Crippen molar-refractivity contribution in [1.29, 1.82) is 0 Å². The summed E-state index contributed by atoms with van der Waals surface area (Å²) in [5, 5.41) is 16.0. The van der Waals surface area contributed by atoms with Crippen LogP contribution in [0.4, 0.5) is 0 Å². The molecule has 5 aliphatic rings. The quantitative estimate of drug-likeness (QED) is 0.765. The number of rotatable bonds is 3. The fourth-order valence-electron chi connectivity index (χ4n) is 9.17. The van der Waals surface area contributed by atoms with Crippen molar-refractivity contribution in [2.24, 2.45) is 34.5 Å². The third-order valence-corrected chi connectivity index (χ3v) is 10.3. The zero-order valence-corrected chi connectivity index (χ0v) is 18.6. The molecule has 6 rings (SSSR count).